The maximum Gasteiger partial charge on any atom is 0.414 e. The van der Waals surface area contributed by atoms with E-state index >= 15 is 0 Å². The zero-order valence-electron chi connectivity index (χ0n) is 16.1. The fourth-order valence-corrected chi connectivity index (χ4v) is 4.56. The molecule has 0 aliphatic carbocycles. The number of benzene rings is 1. The van der Waals surface area contributed by atoms with Crippen molar-refractivity contribution in [3.63, 3.8) is 0 Å². The second-order valence-electron chi connectivity index (χ2n) is 7.34. The number of ether oxygens (including phenoxy) is 2. The van der Waals surface area contributed by atoms with Gasteiger partial charge >= 0.3 is 11.9 Å². The van der Waals surface area contributed by atoms with Crippen LogP contribution >= 0.6 is 0 Å². The number of carbonyl (C=O) groups is 2. The van der Waals surface area contributed by atoms with E-state index in [1.807, 2.05) is 6.07 Å². The van der Waals surface area contributed by atoms with E-state index in [0.29, 0.717) is 6.04 Å². The van der Waals surface area contributed by atoms with E-state index in [1.54, 1.807) is 7.11 Å². The number of fused-ring (bicyclic) bond motifs is 2. The van der Waals surface area contributed by atoms with Crippen molar-refractivity contribution in [1.29, 1.82) is 0 Å². The van der Waals surface area contributed by atoms with Crippen molar-refractivity contribution < 1.29 is 29.3 Å². The summed E-state index contributed by atoms with van der Waals surface area (Å²) in [6.45, 7) is 3.29. The van der Waals surface area contributed by atoms with Crippen molar-refractivity contribution in [3.8, 4) is 5.75 Å². The van der Waals surface area contributed by atoms with Gasteiger partial charge in [0.1, 0.15) is 17.6 Å². The molecule has 28 heavy (non-hydrogen) atoms. The lowest BCUT2D eigenvalue weighted by molar-refractivity contribution is -0.159. The average molecular weight is 392 g/mol. The molecule has 1 aromatic carbocycles. The Bertz CT molecular complexity index is 692. The van der Waals surface area contributed by atoms with Crippen molar-refractivity contribution in [1.82, 2.24) is 10.2 Å². The van der Waals surface area contributed by atoms with Crippen LogP contribution in [0.25, 0.3) is 0 Å². The van der Waals surface area contributed by atoms with Gasteiger partial charge in [0.25, 0.3) is 0 Å². The normalized spacial score (nSPS) is 26.0. The van der Waals surface area contributed by atoms with Crippen LogP contribution in [0.2, 0.25) is 0 Å². The highest BCUT2D eigenvalue weighted by atomic mass is 16.5. The molecule has 0 saturated carbocycles. The fourth-order valence-electron chi connectivity index (χ4n) is 4.56. The van der Waals surface area contributed by atoms with E-state index < -0.39 is 11.9 Å². The number of nitrogens with one attached hydrogen (secondary N) is 1. The number of rotatable bonds is 2. The zero-order valence-corrected chi connectivity index (χ0v) is 16.1. The lowest BCUT2D eigenvalue weighted by Crippen LogP contribution is -2.55. The average Bonchev–Trinajstić information content (AvgIpc) is 3.03. The molecule has 1 aromatic rings. The lowest BCUT2D eigenvalue weighted by atomic mass is 9.91. The van der Waals surface area contributed by atoms with Crippen LogP contribution < -0.4 is 10.1 Å². The Morgan fingerprint density at radius 2 is 1.86 bits per heavy atom. The number of nitrogens with zero attached hydrogens (tertiary/aromatic N) is 1. The van der Waals surface area contributed by atoms with Gasteiger partial charge in [-0.2, -0.15) is 0 Å². The molecule has 0 bridgehead atoms. The van der Waals surface area contributed by atoms with Crippen molar-refractivity contribution in [2.75, 3.05) is 26.7 Å². The molecule has 3 fully saturated rings. The number of carboxylic acids is 2. The Morgan fingerprint density at radius 3 is 2.50 bits per heavy atom. The summed E-state index contributed by atoms with van der Waals surface area (Å²) in [4.78, 5) is 20.9. The van der Waals surface area contributed by atoms with Gasteiger partial charge in [0.15, 0.2) is 0 Å². The predicted molar refractivity (Wildman–Crippen MR) is 101 cm³/mol. The summed E-state index contributed by atoms with van der Waals surface area (Å²) in [5.74, 6) is -2.69. The van der Waals surface area contributed by atoms with E-state index in [0.717, 1.165) is 31.7 Å². The third-order valence-electron chi connectivity index (χ3n) is 5.78. The van der Waals surface area contributed by atoms with E-state index in [-0.39, 0.29) is 11.8 Å². The van der Waals surface area contributed by atoms with Gasteiger partial charge in [-0.3, -0.25) is 4.90 Å². The number of hydrogen-bond donors (Lipinski definition) is 3. The number of methoxy groups -OCH3 is 1. The smallest absolute Gasteiger partial charge is 0.414 e. The van der Waals surface area contributed by atoms with Gasteiger partial charge in [0, 0.05) is 31.0 Å². The molecule has 0 radical (unpaired) electrons. The first-order chi connectivity index (χ1) is 13.5. The Balaban J connectivity index is 0.000000330. The van der Waals surface area contributed by atoms with Crippen molar-refractivity contribution in [3.05, 3.63) is 29.8 Å². The Morgan fingerprint density at radius 1 is 1.18 bits per heavy atom. The highest BCUT2D eigenvalue weighted by Gasteiger charge is 2.54. The van der Waals surface area contributed by atoms with Gasteiger partial charge in [-0.15, -0.1) is 0 Å². The highest BCUT2D eigenvalue weighted by Crippen LogP contribution is 2.50. The minimum atomic E-state index is -1.82. The first-order valence-corrected chi connectivity index (χ1v) is 9.73. The van der Waals surface area contributed by atoms with Crippen molar-refractivity contribution >= 4 is 11.9 Å². The molecule has 0 aromatic heterocycles. The third-order valence-corrected chi connectivity index (χ3v) is 5.78. The topological polar surface area (TPSA) is 108 Å². The molecule has 2 unspecified atom stereocenters. The Kier molecular flexibility index (Phi) is 6.53. The molecule has 2 atom stereocenters. The largest absolute Gasteiger partial charge is 0.496 e. The van der Waals surface area contributed by atoms with Crippen molar-refractivity contribution in [2.24, 2.45) is 0 Å². The molecule has 3 aliphatic heterocycles. The summed E-state index contributed by atoms with van der Waals surface area (Å²) < 4.78 is 12.4. The van der Waals surface area contributed by atoms with Gasteiger partial charge in [-0.1, -0.05) is 24.6 Å². The number of para-hydroxylation sites is 1. The van der Waals surface area contributed by atoms with Gasteiger partial charge in [0.2, 0.25) is 0 Å². The Hall–Kier alpha value is -2.16. The standard InChI is InChI=1S/C18H26N2O2.C2H2O4/c1-21-16-8-3-2-6-14(16)17-15-7-4-5-13-20(15)18(22-17)9-11-19-12-10-18;3-1(4)2(5)6/h2-3,6,8,15,17,19H,4-5,7,9-13H2,1H3;(H,3,4)(H,5,6). The van der Waals surface area contributed by atoms with Gasteiger partial charge in [-0.05, 0) is 32.0 Å². The number of carboxylic acid groups (broad SMARTS) is 2. The highest BCUT2D eigenvalue weighted by molar-refractivity contribution is 6.27. The molecule has 3 aliphatic rings. The summed E-state index contributed by atoms with van der Waals surface area (Å²) in [6, 6.07) is 8.87. The summed E-state index contributed by atoms with van der Waals surface area (Å²) >= 11 is 0. The lowest BCUT2D eigenvalue weighted by Gasteiger charge is -2.43. The van der Waals surface area contributed by atoms with E-state index in [1.165, 1.54) is 31.4 Å². The molecule has 8 nitrogen and oxygen atoms in total. The quantitative estimate of drug-likeness (QED) is 0.655. The second kappa shape index (κ2) is 8.89. The van der Waals surface area contributed by atoms with Crippen LogP contribution in [0.5, 0.6) is 5.75 Å². The minimum Gasteiger partial charge on any atom is -0.496 e. The van der Waals surface area contributed by atoms with Gasteiger partial charge in [-0.25, -0.2) is 9.59 Å². The summed E-state index contributed by atoms with van der Waals surface area (Å²) in [5, 5.41) is 18.3. The van der Waals surface area contributed by atoms with Crippen LogP contribution in [0.15, 0.2) is 24.3 Å². The third kappa shape index (κ3) is 4.14. The molecule has 1 spiro atoms. The van der Waals surface area contributed by atoms with E-state index in [9.17, 15) is 0 Å². The van der Waals surface area contributed by atoms with Crippen LogP contribution in [0, 0.1) is 0 Å². The molecule has 3 heterocycles. The molecular weight excluding hydrogens is 364 g/mol. The zero-order chi connectivity index (χ0) is 20.1. The fraction of sp³-hybridized carbons (Fsp3) is 0.600. The van der Waals surface area contributed by atoms with Gasteiger partial charge < -0.3 is 25.0 Å². The second-order valence-corrected chi connectivity index (χ2v) is 7.34. The maximum absolute atomic E-state index is 9.10. The minimum absolute atomic E-state index is 0.0537. The van der Waals surface area contributed by atoms with E-state index in [2.05, 4.69) is 28.4 Å². The number of aliphatic carboxylic acids is 2. The summed E-state index contributed by atoms with van der Waals surface area (Å²) in [6.07, 6.45) is 6.18. The molecule has 154 valence electrons. The van der Waals surface area contributed by atoms with Crippen LogP contribution in [0.4, 0.5) is 0 Å². The number of piperidine rings is 2. The van der Waals surface area contributed by atoms with Crippen LogP contribution in [-0.4, -0.2) is 65.6 Å². The molecule has 3 N–H and O–H groups in total. The monoisotopic (exact) mass is 392 g/mol. The molecule has 0 amide bonds. The molecule has 8 heteroatoms. The van der Waals surface area contributed by atoms with Crippen LogP contribution in [-0.2, 0) is 14.3 Å². The molecular formula is C20H28N2O6. The first-order valence-electron chi connectivity index (χ1n) is 9.73. The summed E-state index contributed by atoms with van der Waals surface area (Å²) in [7, 11) is 1.76. The van der Waals surface area contributed by atoms with Crippen LogP contribution in [0.1, 0.15) is 43.8 Å². The molecule has 3 saturated heterocycles. The number of hydrogen-bond acceptors (Lipinski definition) is 6. The maximum atomic E-state index is 9.10. The van der Waals surface area contributed by atoms with E-state index in [4.69, 9.17) is 29.3 Å². The predicted octanol–water partition coefficient (Wildman–Crippen LogP) is 1.86. The SMILES string of the molecule is COc1ccccc1C1OC2(CCNCC2)N2CCCCC12.O=C(O)C(=O)O. The van der Waals surface area contributed by atoms with Crippen molar-refractivity contribution in [2.45, 2.75) is 50.0 Å². The first kappa shape index (κ1) is 20.6. The molecule has 4 rings (SSSR count). The van der Waals surface area contributed by atoms with Gasteiger partial charge in [0.05, 0.1) is 7.11 Å². The Labute approximate surface area is 164 Å². The summed E-state index contributed by atoms with van der Waals surface area (Å²) in [5.41, 5.74) is 1.17. The van der Waals surface area contributed by atoms with Crippen LogP contribution in [0.3, 0.4) is 0 Å².